The molecule has 0 bridgehead atoms. The van der Waals surface area contributed by atoms with Crippen molar-refractivity contribution in [1.82, 2.24) is 0 Å². The molecule has 0 fully saturated rings. The Labute approximate surface area is 38.6 Å². The van der Waals surface area contributed by atoms with E-state index in [0.29, 0.717) is 0 Å². The minimum absolute atomic E-state index is 1.08. The van der Waals surface area contributed by atoms with E-state index in [4.69, 9.17) is 7.12 Å². The van der Waals surface area contributed by atoms with Gasteiger partial charge < -0.3 is 0 Å². The molecule has 0 aliphatic rings. The van der Waals surface area contributed by atoms with Crippen LogP contribution >= 0.6 is 11.6 Å². The van der Waals surface area contributed by atoms with Gasteiger partial charge in [-0.1, -0.05) is 6.92 Å². The van der Waals surface area contributed by atoms with Crippen molar-refractivity contribution < 1.29 is 0 Å². The second kappa shape index (κ2) is 4.41. The van der Waals surface area contributed by atoms with Gasteiger partial charge in [0.2, 0.25) is 0 Å². The molecule has 2 heteroatoms. The fourth-order valence-electron chi connectivity index (χ4n) is 0.118. The van der Waals surface area contributed by atoms with E-state index in [1.807, 2.05) is 0 Å². The fourth-order valence-corrected chi connectivity index (χ4v) is 0.354. The van der Waals surface area contributed by atoms with Gasteiger partial charge in [-0.15, -0.1) is 0 Å². The predicted molar refractivity (Wildman–Crippen MR) is 28.5 cm³/mol. The maximum atomic E-state index is 5.06. The first-order chi connectivity index (χ1) is 2.41. The summed E-state index contributed by atoms with van der Waals surface area (Å²) >= 11 is 1.40. The van der Waals surface area contributed by atoms with Gasteiger partial charge in [0.05, 0.1) is 0 Å². The number of hydrogen-bond acceptors (Lipinski definition) is 1. The SMILES string of the molecule is [B]SCCC. The standard InChI is InChI=1S/C3H7BS/c1-2-3-5-4/h2-3H2,1H3. The summed E-state index contributed by atoms with van der Waals surface area (Å²) in [5.41, 5.74) is 0. The molecule has 2 radical (unpaired) electrons. The normalized spacial score (nSPS) is 8.20. The molecule has 0 saturated carbocycles. The summed E-state index contributed by atoms with van der Waals surface area (Å²) in [6.07, 6.45) is 1.18. The maximum Gasteiger partial charge on any atom is 0.161 e. The zero-order valence-electron chi connectivity index (χ0n) is 3.40. The molecule has 0 atom stereocenters. The van der Waals surface area contributed by atoms with Gasteiger partial charge in [-0.05, 0) is 12.2 Å². The van der Waals surface area contributed by atoms with Gasteiger partial charge in [0.1, 0.15) is 0 Å². The van der Waals surface area contributed by atoms with E-state index in [1.54, 1.807) is 0 Å². The summed E-state index contributed by atoms with van der Waals surface area (Å²) in [5.74, 6) is 1.08. The molecule has 0 amide bonds. The van der Waals surface area contributed by atoms with E-state index in [1.165, 1.54) is 18.0 Å². The quantitative estimate of drug-likeness (QED) is 0.455. The minimum Gasteiger partial charge on any atom is -0.227 e. The van der Waals surface area contributed by atoms with Crippen LogP contribution in [0, 0.1) is 0 Å². The molecule has 0 N–H and O–H groups in total. The van der Waals surface area contributed by atoms with Crippen LogP contribution in [0.3, 0.4) is 0 Å². The molecule has 0 unspecified atom stereocenters. The summed E-state index contributed by atoms with van der Waals surface area (Å²) < 4.78 is 0. The molecule has 0 heterocycles. The number of rotatable bonds is 2. The third-order valence-corrected chi connectivity index (χ3v) is 0.966. The smallest absolute Gasteiger partial charge is 0.161 e. The minimum atomic E-state index is 1.08. The first kappa shape index (κ1) is 5.41. The molecule has 0 aromatic heterocycles. The topological polar surface area (TPSA) is 0 Å². The van der Waals surface area contributed by atoms with Gasteiger partial charge in [0.25, 0.3) is 0 Å². The van der Waals surface area contributed by atoms with Crippen LogP contribution in [-0.2, 0) is 0 Å². The maximum absolute atomic E-state index is 5.06. The second-order valence-electron chi connectivity index (χ2n) is 0.871. The van der Waals surface area contributed by atoms with E-state index in [2.05, 4.69) is 6.92 Å². The molecule has 0 aliphatic carbocycles. The number of hydrogen-bond donors (Lipinski definition) is 0. The average molecular weight is 86.0 g/mol. The molecule has 0 aliphatic heterocycles. The highest BCUT2D eigenvalue weighted by molar-refractivity contribution is 8.19. The zero-order valence-corrected chi connectivity index (χ0v) is 4.22. The summed E-state index contributed by atoms with van der Waals surface area (Å²) in [4.78, 5) is 0. The average Bonchev–Trinajstić information content (AvgIpc) is 1.41. The third-order valence-electron chi connectivity index (χ3n) is 0.322. The van der Waals surface area contributed by atoms with E-state index in [9.17, 15) is 0 Å². The van der Waals surface area contributed by atoms with Crippen LogP contribution in [0.15, 0.2) is 0 Å². The van der Waals surface area contributed by atoms with Crippen molar-refractivity contribution in [1.29, 1.82) is 0 Å². The van der Waals surface area contributed by atoms with Crippen LogP contribution < -0.4 is 0 Å². The van der Waals surface area contributed by atoms with Crippen molar-refractivity contribution in [2.24, 2.45) is 0 Å². The Balaban J connectivity index is 2.19. The summed E-state index contributed by atoms with van der Waals surface area (Å²) in [6.45, 7) is 2.11. The predicted octanol–water partition coefficient (Wildman–Crippen LogP) is 1.21. The van der Waals surface area contributed by atoms with Gasteiger partial charge in [-0.3, -0.25) is 0 Å². The van der Waals surface area contributed by atoms with Crippen molar-refractivity contribution in [3.63, 3.8) is 0 Å². The van der Waals surface area contributed by atoms with Gasteiger partial charge in [-0.2, -0.15) is 0 Å². The Hall–Kier alpha value is 0.415. The molecule has 5 heavy (non-hydrogen) atoms. The van der Waals surface area contributed by atoms with Crippen molar-refractivity contribution in [2.45, 2.75) is 13.3 Å². The van der Waals surface area contributed by atoms with E-state index >= 15 is 0 Å². The van der Waals surface area contributed by atoms with Gasteiger partial charge in [0.15, 0.2) is 7.12 Å². The Bertz CT molecular complexity index is 14.4. The third kappa shape index (κ3) is 4.41. The van der Waals surface area contributed by atoms with Crippen LogP contribution in [0.25, 0.3) is 0 Å². The van der Waals surface area contributed by atoms with Crippen molar-refractivity contribution in [3.05, 3.63) is 0 Å². The lowest BCUT2D eigenvalue weighted by atomic mass is 10.6. The molecule has 0 aromatic rings. The van der Waals surface area contributed by atoms with Crippen LogP contribution in [0.1, 0.15) is 13.3 Å². The highest BCUT2D eigenvalue weighted by atomic mass is 32.2. The molecule has 28 valence electrons. The highest BCUT2D eigenvalue weighted by Gasteiger charge is 1.67. The van der Waals surface area contributed by atoms with Crippen LogP contribution in [0.2, 0.25) is 0 Å². The van der Waals surface area contributed by atoms with Gasteiger partial charge >= 0.3 is 0 Å². The summed E-state index contributed by atoms with van der Waals surface area (Å²) in [5, 5.41) is 0. The first-order valence-electron chi connectivity index (χ1n) is 1.73. The lowest BCUT2D eigenvalue weighted by molar-refractivity contribution is 1.11. The largest absolute Gasteiger partial charge is 0.227 e. The molecule has 0 saturated heterocycles. The van der Waals surface area contributed by atoms with Crippen LogP contribution in [0.4, 0.5) is 0 Å². The highest BCUT2D eigenvalue weighted by Crippen LogP contribution is 1.89. The first-order valence-corrected chi connectivity index (χ1v) is 2.78. The van der Waals surface area contributed by atoms with E-state index in [0.717, 1.165) is 5.75 Å². The lowest BCUT2D eigenvalue weighted by Crippen LogP contribution is -1.66. The summed E-state index contributed by atoms with van der Waals surface area (Å²) in [7, 11) is 5.06. The molecule has 0 aromatic carbocycles. The fraction of sp³-hybridized carbons (Fsp3) is 1.00. The van der Waals surface area contributed by atoms with Gasteiger partial charge in [-0.25, -0.2) is 11.6 Å². The lowest BCUT2D eigenvalue weighted by Gasteiger charge is -1.80. The molecular formula is C3H7BS. The molecule has 0 nitrogen and oxygen atoms in total. The van der Waals surface area contributed by atoms with Crippen LogP contribution in [0.5, 0.6) is 0 Å². The van der Waals surface area contributed by atoms with Crippen LogP contribution in [-0.4, -0.2) is 12.9 Å². The monoisotopic (exact) mass is 86.0 g/mol. The Kier molecular flexibility index (Phi) is 4.78. The van der Waals surface area contributed by atoms with Crippen molar-refractivity contribution >= 4 is 18.7 Å². The summed E-state index contributed by atoms with van der Waals surface area (Å²) in [6, 6.07) is 0. The Morgan fingerprint density at radius 3 is 2.40 bits per heavy atom. The zero-order chi connectivity index (χ0) is 4.12. The molecule has 0 spiro atoms. The van der Waals surface area contributed by atoms with E-state index < -0.39 is 0 Å². The van der Waals surface area contributed by atoms with Crippen molar-refractivity contribution in [3.8, 4) is 0 Å². The van der Waals surface area contributed by atoms with Gasteiger partial charge in [0, 0.05) is 0 Å². The van der Waals surface area contributed by atoms with Crippen molar-refractivity contribution in [2.75, 3.05) is 5.75 Å². The second-order valence-corrected chi connectivity index (χ2v) is 1.61. The molecular weight excluding hydrogens is 78.9 g/mol. The Morgan fingerprint density at radius 1 is 1.80 bits per heavy atom. The Morgan fingerprint density at radius 2 is 2.40 bits per heavy atom. The van der Waals surface area contributed by atoms with E-state index in [-0.39, 0.29) is 0 Å². The molecule has 0 rings (SSSR count).